The first-order valence-corrected chi connectivity index (χ1v) is 3.05. The first-order valence-electron chi connectivity index (χ1n) is 3.05. The van der Waals surface area contributed by atoms with Gasteiger partial charge in [-0.05, 0) is 0 Å². The Morgan fingerprint density at radius 3 is 1.33 bits per heavy atom. The summed E-state index contributed by atoms with van der Waals surface area (Å²) in [4.78, 5) is 15.7. The van der Waals surface area contributed by atoms with E-state index in [0.29, 0.717) is 6.47 Å². The van der Waals surface area contributed by atoms with E-state index < -0.39 is 0 Å². The van der Waals surface area contributed by atoms with Crippen molar-refractivity contribution in [2.75, 3.05) is 26.2 Å². The molecule has 3 N–H and O–H groups in total. The van der Waals surface area contributed by atoms with E-state index in [1.54, 1.807) is 0 Å². The minimum atomic E-state index is 0. The molecule has 0 spiro atoms. The van der Waals surface area contributed by atoms with Gasteiger partial charge >= 0.3 is 18.9 Å². The number of carbonyl (C=O) groups excluding carboxylic acids is 1. The Hall–Kier alpha value is -0.343. The maximum absolute atomic E-state index is 8.24. The largest absolute Gasteiger partial charge is 1.00 e. The third-order valence-electron chi connectivity index (χ3n) is 0.957. The van der Waals surface area contributed by atoms with Crippen molar-refractivity contribution in [1.29, 1.82) is 0 Å². The number of hydrogen-bond acceptors (Lipinski definition) is 4. The van der Waals surface area contributed by atoms with Gasteiger partial charge in [-0.2, -0.15) is 0 Å². The van der Waals surface area contributed by atoms with Gasteiger partial charge in [0.05, 0.1) is 0 Å². The molecule has 6 heteroatoms. The summed E-state index contributed by atoms with van der Waals surface area (Å²) in [6.07, 6.45) is 0. The van der Waals surface area contributed by atoms with Crippen LogP contribution in [0.2, 0.25) is 0 Å². The van der Waals surface area contributed by atoms with E-state index in [4.69, 9.17) is 14.7 Å². The molecule has 0 saturated carbocycles. The number of rotatable bonds is 0. The van der Waals surface area contributed by atoms with E-state index in [-0.39, 0.29) is 18.9 Å². The fourth-order valence-corrected chi connectivity index (χ4v) is 0.604. The van der Waals surface area contributed by atoms with Crippen LogP contribution in [0.15, 0.2) is 0 Å². The molecular weight excluding hydrogens is 155 g/mol. The average Bonchev–Trinajstić information content (AvgIpc) is 2.12. The number of hydrogen-bond donors (Lipinski definition) is 3. The Morgan fingerprint density at radius 2 is 1.25 bits per heavy atom. The van der Waals surface area contributed by atoms with Crippen molar-refractivity contribution in [2.24, 2.45) is 0 Å². The Balaban J connectivity index is -0.000000119. The number of aliphatic hydroxyl groups excluding tert-OH is 1. The summed E-state index contributed by atoms with van der Waals surface area (Å²) in [7, 11) is 0. The molecule has 1 aliphatic heterocycles. The summed E-state index contributed by atoms with van der Waals surface area (Å²) < 4.78 is 0. The summed E-state index contributed by atoms with van der Waals surface area (Å²) in [6, 6.07) is 0. The van der Waals surface area contributed by atoms with Crippen LogP contribution in [0, 0.1) is 0 Å². The molecule has 0 amide bonds. The molecule has 0 atom stereocenters. The molecule has 0 unspecified atom stereocenters. The van der Waals surface area contributed by atoms with Gasteiger partial charge in [0.2, 0.25) is 0 Å². The van der Waals surface area contributed by atoms with Crippen LogP contribution in [0.5, 0.6) is 0 Å². The summed E-state index contributed by atoms with van der Waals surface area (Å²) in [5, 5.41) is 13.2. The van der Waals surface area contributed by atoms with Crippen molar-refractivity contribution in [2.45, 2.75) is 0 Å². The fourth-order valence-electron chi connectivity index (χ4n) is 0.604. The summed E-state index contributed by atoms with van der Waals surface area (Å²) in [5.74, 6) is 0. The minimum absolute atomic E-state index is 0. The van der Waals surface area contributed by atoms with Crippen molar-refractivity contribution in [3.63, 3.8) is 0 Å². The second-order valence-electron chi connectivity index (χ2n) is 1.59. The molecule has 12 heavy (non-hydrogen) atoms. The Bertz CT molecular complexity index is 69.7. The van der Waals surface area contributed by atoms with Gasteiger partial charge in [0, 0.05) is 26.2 Å². The van der Waals surface area contributed by atoms with E-state index in [1.165, 1.54) is 0 Å². The van der Waals surface area contributed by atoms with Gasteiger partial charge in [-0.25, -0.2) is 0 Å². The minimum Gasteiger partial charge on any atom is -0.665 e. The Kier molecular flexibility index (Phi) is 33.0. The van der Waals surface area contributed by atoms with E-state index >= 15 is 0 Å². The molecule has 0 aromatic rings. The number of nitrogens with one attached hydrogen (secondary N) is 2. The zero-order chi connectivity index (χ0) is 8.95. The first-order chi connectivity index (χ1) is 5.41. The van der Waals surface area contributed by atoms with E-state index in [2.05, 4.69) is 17.4 Å². The van der Waals surface area contributed by atoms with Gasteiger partial charge in [-0.1, -0.05) is 6.47 Å². The molecule has 64 valence electrons. The van der Waals surface area contributed by atoms with Crippen LogP contribution in [0.3, 0.4) is 0 Å². The molecule has 0 aromatic carbocycles. The van der Waals surface area contributed by atoms with Crippen molar-refractivity contribution in [3.8, 4) is 0 Å². The van der Waals surface area contributed by atoms with Gasteiger partial charge in [0.25, 0.3) is 6.79 Å². The number of piperazine rings is 1. The van der Waals surface area contributed by atoms with Gasteiger partial charge in [0.1, 0.15) is 0 Å². The summed E-state index contributed by atoms with van der Waals surface area (Å²) in [6.45, 7) is 9.56. The van der Waals surface area contributed by atoms with Crippen LogP contribution in [0.1, 0.15) is 0 Å². The third kappa shape index (κ3) is 22.6. The van der Waals surface area contributed by atoms with Crippen LogP contribution in [-0.2, 0) is 9.59 Å². The normalized spacial score (nSPS) is 13.3. The molecule has 1 saturated heterocycles. The smallest absolute Gasteiger partial charge is 0.665 e. The SMILES string of the molecule is C1CNCCN1.O=[C-]O.[C]=O.[Li+]. The van der Waals surface area contributed by atoms with Gasteiger partial charge in [-0.15, -0.1) is 0 Å². The molecular formula is C6H11LiN2O3. The zero-order valence-electron chi connectivity index (χ0n) is 7.09. The van der Waals surface area contributed by atoms with Crippen molar-refractivity contribution in [1.82, 2.24) is 10.6 Å². The van der Waals surface area contributed by atoms with Gasteiger partial charge in [-0.3, -0.25) is 4.79 Å². The molecule has 1 heterocycles. The molecule has 1 rings (SSSR count). The van der Waals surface area contributed by atoms with Crippen molar-refractivity contribution in [3.05, 3.63) is 0 Å². The molecule has 5 nitrogen and oxygen atoms in total. The van der Waals surface area contributed by atoms with Crippen molar-refractivity contribution >= 4 is 13.3 Å². The Morgan fingerprint density at radius 1 is 1.08 bits per heavy atom. The van der Waals surface area contributed by atoms with E-state index in [1.807, 2.05) is 0 Å². The molecule has 1 aliphatic rings. The van der Waals surface area contributed by atoms with Crippen molar-refractivity contribution < 1.29 is 33.6 Å². The van der Waals surface area contributed by atoms with E-state index in [0.717, 1.165) is 26.2 Å². The standard InChI is InChI=1S/C4H10N2.CHO2.CO.Li/c1-2-6-4-3-5-1;2-1-3;1-2;/h5-6H,1-4H2;(H,2,3);;/q;-1;;+1. The van der Waals surface area contributed by atoms with E-state index in [9.17, 15) is 0 Å². The first kappa shape index (κ1) is 17.7. The quantitative estimate of drug-likeness (QED) is 0.249. The predicted octanol–water partition coefficient (Wildman–Crippen LogP) is -4.60. The second-order valence-corrected chi connectivity index (χ2v) is 1.59. The van der Waals surface area contributed by atoms with Crippen LogP contribution in [-0.4, -0.2) is 44.5 Å². The monoisotopic (exact) mass is 166 g/mol. The van der Waals surface area contributed by atoms with Gasteiger partial charge in [0.15, 0.2) is 0 Å². The second kappa shape index (κ2) is 22.4. The third-order valence-corrected chi connectivity index (χ3v) is 0.957. The topological polar surface area (TPSA) is 78.4 Å². The summed E-state index contributed by atoms with van der Waals surface area (Å²) in [5.41, 5.74) is 0. The zero-order valence-corrected chi connectivity index (χ0v) is 7.09. The molecule has 0 aliphatic carbocycles. The molecule has 0 bridgehead atoms. The van der Waals surface area contributed by atoms with Crippen LogP contribution in [0.4, 0.5) is 0 Å². The van der Waals surface area contributed by atoms with Crippen LogP contribution >= 0.6 is 0 Å². The average molecular weight is 166 g/mol. The maximum atomic E-state index is 8.24. The van der Waals surface area contributed by atoms with Crippen LogP contribution < -0.4 is 29.5 Å². The molecule has 0 aromatic heterocycles. The Labute approximate surface area is 84.1 Å². The molecule has 2 radical (unpaired) electrons. The fraction of sp³-hybridized carbons (Fsp3) is 0.667. The molecule has 1 fully saturated rings. The van der Waals surface area contributed by atoms with Crippen LogP contribution in [0.25, 0.3) is 0 Å². The van der Waals surface area contributed by atoms with Gasteiger partial charge < -0.3 is 20.5 Å². The maximum Gasteiger partial charge on any atom is 1.00 e. The predicted molar refractivity (Wildman–Crippen MR) is 39.8 cm³/mol. The summed E-state index contributed by atoms with van der Waals surface area (Å²) >= 11 is 0.